The Morgan fingerprint density at radius 2 is 2.07 bits per heavy atom. The number of aromatic nitrogens is 6. The van der Waals surface area contributed by atoms with E-state index in [0.717, 1.165) is 0 Å². The number of rotatable bonds is 7. The Morgan fingerprint density at radius 1 is 1.23 bits per heavy atom. The zero-order valence-electron chi connectivity index (χ0n) is 15.9. The molecule has 0 saturated heterocycles. The van der Waals surface area contributed by atoms with Gasteiger partial charge in [-0.05, 0) is 6.92 Å². The van der Waals surface area contributed by atoms with E-state index in [1.54, 1.807) is 17.1 Å². The molecule has 1 aliphatic heterocycles. The molecule has 0 radical (unpaired) electrons. The summed E-state index contributed by atoms with van der Waals surface area (Å²) in [5, 5.41) is 19.7. The summed E-state index contributed by atoms with van der Waals surface area (Å²) in [6.07, 6.45) is 5.56. The molecular weight excluding hydrogens is 392 g/mol. The number of carbonyl (C=O) groups is 2. The minimum absolute atomic E-state index is 0.0446. The lowest BCUT2D eigenvalue weighted by molar-refractivity contribution is -0.145. The second kappa shape index (κ2) is 7.35. The van der Waals surface area contributed by atoms with Crippen LogP contribution in [0.3, 0.4) is 0 Å². The Morgan fingerprint density at radius 3 is 2.73 bits per heavy atom. The van der Waals surface area contributed by atoms with Crippen LogP contribution in [0.15, 0.2) is 30.1 Å². The molecule has 13 nitrogen and oxygen atoms in total. The fraction of sp³-hybridized carbons (Fsp3) is 0.294. The van der Waals surface area contributed by atoms with Crippen LogP contribution in [0.4, 0.5) is 11.5 Å². The average molecular weight is 410 g/mol. The maximum Gasteiger partial charge on any atom is 0.265 e. The topological polar surface area (TPSA) is 189 Å². The van der Waals surface area contributed by atoms with Crippen molar-refractivity contribution in [2.24, 2.45) is 16.6 Å². The Balaban J connectivity index is 1.80. The summed E-state index contributed by atoms with van der Waals surface area (Å²) < 4.78 is 1.73. The summed E-state index contributed by atoms with van der Waals surface area (Å²) in [5.41, 5.74) is 11.2. The van der Waals surface area contributed by atoms with Crippen molar-refractivity contribution in [2.75, 3.05) is 5.32 Å². The molecule has 4 rings (SSSR count). The molecule has 1 atom stereocenters. The zero-order chi connectivity index (χ0) is 21.3. The number of nitrogens with zero attached hydrogens (tertiary/aromatic N) is 7. The van der Waals surface area contributed by atoms with Crippen LogP contribution in [0.25, 0.3) is 11.0 Å². The molecule has 0 aromatic carbocycles. The molecular formula is C17H18N10O3. The van der Waals surface area contributed by atoms with E-state index in [2.05, 4.69) is 35.7 Å². The third-order valence-corrected chi connectivity index (χ3v) is 4.72. The van der Waals surface area contributed by atoms with Crippen LogP contribution < -0.4 is 16.8 Å². The van der Waals surface area contributed by atoms with E-state index in [-0.39, 0.29) is 6.42 Å². The van der Waals surface area contributed by atoms with Crippen LogP contribution in [0.2, 0.25) is 0 Å². The summed E-state index contributed by atoms with van der Waals surface area (Å²) in [6.45, 7) is 2.57. The average Bonchev–Trinajstić information content (AvgIpc) is 3.33. The molecule has 4 heterocycles. The van der Waals surface area contributed by atoms with Gasteiger partial charge < -0.3 is 21.6 Å². The number of hydrogen-bond donors (Lipinski definition) is 3. The smallest absolute Gasteiger partial charge is 0.265 e. The van der Waals surface area contributed by atoms with Crippen molar-refractivity contribution >= 4 is 40.1 Å². The summed E-state index contributed by atoms with van der Waals surface area (Å²) in [7, 11) is 0. The standard InChI is InChI=1S/C17H18N10O3/c1-2-27-15-10(6-24-27)14(25-13-7-22-23-8-21-13)9(5-20-15)11-3-17(16(19)29,30-26-11)4-12(18)28/h5-8H,2-4H2,1H3,(H2,18,28)(H2,19,29)(H,20,21,23,25). The van der Waals surface area contributed by atoms with Gasteiger partial charge in [0.1, 0.15) is 6.33 Å². The first kappa shape index (κ1) is 19.2. The predicted molar refractivity (Wildman–Crippen MR) is 104 cm³/mol. The van der Waals surface area contributed by atoms with Crippen molar-refractivity contribution < 1.29 is 14.4 Å². The highest BCUT2D eigenvalue weighted by atomic mass is 16.7. The zero-order valence-corrected chi connectivity index (χ0v) is 15.9. The van der Waals surface area contributed by atoms with Crippen LogP contribution in [-0.4, -0.2) is 53.1 Å². The highest BCUT2D eigenvalue weighted by Crippen LogP contribution is 2.35. The normalized spacial score (nSPS) is 18.1. The van der Waals surface area contributed by atoms with E-state index in [1.165, 1.54) is 12.5 Å². The van der Waals surface area contributed by atoms with E-state index in [9.17, 15) is 9.59 Å². The number of pyridine rings is 1. The van der Waals surface area contributed by atoms with Gasteiger partial charge in [-0.3, -0.25) is 9.59 Å². The molecule has 3 aromatic heterocycles. The molecule has 0 fully saturated rings. The van der Waals surface area contributed by atoms with Crippen LogP contribution >= 0.6 is 0 Å². The molecule has 1 unspecified atom stereocenters. The summed E-state index contributed by atoms with van der Waals surface area (Å²) in [4.78, 5) is 37.4. The number of oxime groups is 1. The van der Waals surface area contributed by atoms with Crippen molar-refractivity contribution in [3.05, 3.63) is 30.5 Å². The lowest BCUT2D eigenvalue weighted by Gasteiger charge is -2.21. The van der Waals surface area contributed by atoms with Crippen molar-refractivity contribution in [1.82, 2.24) is 29.9 Å². The summed E-state index contributed by atoms with van der Waals surface area (Å²) in [5.74, 6) is -1.13. The largest absolute Gasteiger partial charge is 0.378 e. The Hall–Kier alpha value is -4.16. The van der Waals surface area contributed by atoms with Gasteiger partial charge in [-0.15, -0.1) is 5.10 Å². The highest BCUT2D eigenvalue weighted by molar-refractivity contribution is 6.13. The number of hydrogen-bond acceptors (Lipinski definition) is 10. The molecule has 30 heavy (non-hydrogen) atoms. The fourth-order valence-corrected chi connectivity index (χ4v) is 3.26. The molecule has 1 aliphatic rings. The second-order valence-electron chi connectivity index (χ2n) is 6.67. The van der Waals surface area contributed by atoms with Crippen LogP contribution in [-0.2, 0) is 21.0 Å². The van der Waals surface area contributed by atoms with Crippen LogP contribution in [0, 0.1) is 0 Å². The minimum Gasteiger partial charge on any atom is -0.378 e. The van der Waals surface area contributed by atoms with E-state index < -0.39 is 23.8 Å². The van der Waals surface area contributed by atoms with Gasteiger partial charge in [0.05, 0.1) is 35.6 Å². The lowest BCUT2D eigenvalue weighted by atomic mass is 9.90. The maximum atomic E-state index is 12.0. The Bertz CT molecular complexity index is 1160. The number of primary amides is 2. The Labute approximate surface area is 169 Å². The van der Waals surface area contributed by atoms with Gasteiger partial charge in [0.2, 0.25) is 11.5 Å². The monoisotopic (exact) mass is 410 g/mol. The minimum atomic E-state index is -1.64. The van der Waals surface area contributed by atoms with Gasteiger partial charge in [0.25, 0.3) is 5.91 Å². The summed E-state index contributed by atoms with van der Waals surface area (Å²) >= 11 is 0. The van der Waals surface area contributed by atoms with Gasteiger partial charge in [0.15, 0.2) is 11.5 Å². The first-order chi connectivity index (χ1) is 14.4. The Kier molecular flexibility index (Phi) is 4.69. The van der Waals surface area contributed by atoms with Gasteiger partial charge >= 0.3 is 0 Å². The van der Waals surface area contributed by atoms with Gasteiger partial charge in [0, 0.05) is 24.7 Å². The molecule has 0 spiro atoms. The number of fused-ring (bicyclic) bond motifs is 1. The van der Waals surface area contributed by atoms with Crippen LogP contribution in [0.5, 0.6) is 0 Å². The van der Waals surface area contributed by atoms with Crippen molar-refractivity contribution in [3.8, 4) is 0 Å². The van der Waals surface area contributed by atoms with Gasteiger partial charge in [-0.25, -0.2) is 14.6 Å². The number of anilines is 2. The van der Waals surface area contributed by atoms with E-state index >= 15 is 0 Å². The molecule has 5 N–H and O–H groups in total. The number of amides is 2. The van der Waals surface area contributed by atoms with Crippen molar-refractivity contribution in [2.45, 2.75) is 31.9 Å². The molecule has 2 amide bonds. The number of aryl methyl sites for hydroxylation is 1. The molecule has 0 aliphatic carbocycles. The second-order valence-corrected chi connectivity index (χ2v) is 6.67. The first-order valence-electron chi connectivity index (χ1n) is 9.01. The highest BCUT2D eigenvalue weighted by Gasteiger charge is 2.47. The maximum absolute atomic E-state index is 12.0. The third kappa shape index (κ3) is 3.25. The number of carbonyl (C=O) groups excluding carboxylic acids is 2. The molecule has 0 bridgehead atoms. The lowest BCUT2D eigenvalue weighted by Crippen LogP contribution is -2.47. The molecule has 3 aromatic rings. The van der Waals surface area contributed by atoms with Crippen molar-refractivity contribution in [3.63, 3.8) is 0 Å². The van der Waals surface area contributed by atoms with Crippen molar-refractivity contribution in [1.29, 1.82) is 0 Å². The van der Waals surface area contributed by atoms with E-state index in [1.807, 2.05) is 6.92 Å². The first-order valence-corrected chi connectivity index (χ1v) is 9.01. The van der Waals surface area contributed by atoms with Gasteiger partial charge in [-0.1, -0.05) is 5.16 Å². The fourth-order valence-electron chi connectivity index (χ4n) is 3.26. The molecule has 13 heteroatoms. The SMILES string of the molecule is CCn1ncc2c(Nc3cnncn3)c(C3=NOC(CC(N)=O)(C(N)=O)C3)cnc21. The number of nitrogens with one attached hydrogen (secondary N) is 1. The quantitative estimate of drug-likeness (QED) is 0.465. The molecule has 0 saturated carbocycles. The molecule has 154 valence electrons. The predicted octanol–water partition coefficient (Wildman–Crippen LogP) is -0.396. The van der Waals surface area contributed by atoms with E-state index in [0.29, 0.717) is 40.4 Å². The van der Waals surface area contributed by atoms with Crippen LogP contribution in [0.1, 0.15) is 25.3 Å². The van der Waals surface area contributed by atoms with E-state index in [4.69, 9.17) is 16.3 Å². The third-order valence-electron chi connectivity index (χ3n) is 4.72. The number of nitrogens with two attached hydrogens (primary N) is 2. The van der Waals surface area contributed by atoms with Gasteiger partial charge in [-0.2, -0.15) is 10.2 Å². The summed E-state index contributed by atoms with van der Waals surface area (Å²) in [6, 6.07) is 0.